The van der Waals surface area contributed by atoms with Crippen LogP contribution in [0, 0.1) is 0 Å². The van der Waals surface area contributed by atoms with Crippen molar-refractivity contribution in [3.05, 3.63) is 50.6 Å². The maximum atomic E-state index is 13.3. The second-order valence-corrected chi connectivity index (χ2v) is 11.5. The molecule has 2 atom stereocenters. The normalized spacial score (nSPS) is 19.5. The molecule has 4 N–H and O–H groups in total. The molecule has 2 aliphatic rings. The number of carboxylic acids is 1. The molecular weight excluding hydrogens is 544 g/mol. The monoisotopic (exact) mass is 572 g/mol. The van der Waals surface area contributed by atoms with Crippen molar-refractivity contribution in [2.24, 2.45) is 0 Å². The molecule has 3 amide bonds. The van der Waals surface area contributed by atoms with E-state index >= 15 is 0 Å². The molecule has 0 radical (unpaired) electrons. The Morgan fingerprint density at radius 3 is 2.72 bits per heavy atom. The molecule has 1 saturated heterocycles. The Balaban J connectivity index is 1.32. The highest BCUT2D eigenvalue weighted by Crippen LogP contribution is 2.25. The fourth-order valence-electron chi connectivity index (χ4n) is 4.99. The molecule has 11 nitrogen and oxygen atoms in total. The van der Waals surface area contributed by atoms with Crippen LogP contribution >= 0.6 is 22.9 Å². The van der Waals surface area contributed by atoms with E-state index in [-0.39, 0.29) is 37.1 Å². The quantitative estimate of drug-likeness (QED) is 0.339. The van der Waals surface area contributed by atoms with Crippen molar-refractivity contribution < 1.29 is 24.3 Å². The standard InChI is InChI=1S/C26H29ClN6O5S/c1-32-8-6-18-21(13-32)39-26(31-18)25(38)30-20-12-33(22(34)4-5-23(35)36)9-7-17(20)29-24(37)19-11-14-10-15(27)2-3-16(14)28-19/h2-3,10-11,17,20,28H,4-9,12-13H2,1H3,(H,29,37)(H,30,38)(H,35,36). The van der Waals surface area contributed by atoms with Crippen LogP contribution in [0.1, 0.15) is 50.1 Å². The van der Waals surface area contributed by atoms with Crippen molar-refractivity contribution in [1.29, 1.82) is 0 Å². The SMILES string of the molecule is CN1CCc2nc(C(=O)NC3CN(C(=O)CCC(=O)O)CCC3NC(=O)c3cc4cc(Cl)ccc4[nH]3)sc2C1. The average Bonchev–Trinajstić information content (AvgIpc) is 3.52. The number of aromatic amines is 1. The van der Waals surface area contributed by atoms with E-state index in [0.717, 1.165) is 41.0 Å². The predicted molar refractivity (Wildman–Crippen MR) is 146 cm³/mol. The van der Waals surface area contributed by atoms with E-state index < -0.39 is 18.1 Å². The van der Waals surface area contributed by atoms with Gasteiger partial charge in [0.1, 0.15) is 5.69 Å². The van der Waals surface area contributed by atoms with Gasteiger partial charge in [-0.1, -0.05) is 11.6 Å². The van der Waals surface area contributed by atoms with Gasteiger partial charge in [0.25, 0.3) is 11.8 Å². The van der Waals surface area contributed by atoms with Gasteiger partial charge in [0.2, 0.25) is 5.91 Å². The summed E-state index contributed by atoms with van der Waals surface area (Å²) in [7, 11) is 2.02. The van der Waals surface area contributed by atoms with Crippen LogP contribution in [0.2, 0.25) is 5.02 Å². The summed E-state index contributed by atoms with van der Waals surface area (Å²) in [5.41, 5.74) is 2.06. The smallest absolute Gasteiger partial charge is 0.303 e. The topological polar surface area (TPSA) is 148 Å². The molecule has 13 heteroatoms. The van der Waals surface area contributed by atoms with Crippen LogP contribution < -0.4 is 10.6 Å². The molecule has 206 valence electrons. The van der Waals surface area contributed by atoms with Crippen LogP contribution in [-0.4, -0.2) is 87.3 Å². The number of carbonyl (C=O) groups excluding carboxylic acids is 3. The summed E-state index contributed by atoms with van der Waals surface area (Å²) in [6.45, 7) is 2.09. The summed E-state index contributed by atoms with van der Waals surface area (Å²) in [5, 5.41) is 16.7. The van der Waals surface area contributed by atoms with Gasteiger partial charge in [-0.25, -0.2) is 4.98 Å². The van der Waals surface area contributed by atoms with Crippen LogP contribution in [-0.2, 0) is 22.6 Å². The number of fused-ring (bicyclic) bond motifs is 2. The van der Waals surface area contributed by atoms with Crippen molar-refractivity contribution in [2.75, 3.05) is 26.7 Å². The minimum absolute atomic E-state index is 0.128. The molecule has 2 aromatic heterocycles. The molecule has 2 aliphatic heterocycles. The van der Waals surface area contributed by atoms with Crippen molar-refractivity contribution >= 4 is 57.5 Å². The molecule has 0 saturated carbocycles. The Labute approximate surface area is 233 Å². The maximum absolute atomic E-state index is 13.3. The molecule has 3 aromatic rings. The zero-order chi connectivity index (χ0) is 27.7. The number of likely N-dealkylation sites (tertiary alicyclic amines) is 1. The molecule has 2 unspecified atom stereocenters. The van der Waals surface area contributed by atoms with E-state index in [0.29, 0.717) is 28.7 Å². The number of nitrogens with zero attached hydrogens (tertiary/aromatic N) is 3. The van der Waals surface area contributed by atoms with E-state index in [2.05, 4.69) is 25.5 Å². The molecule has 5 rings (SSSR count). The summed E-state index contributed by atoms with van der Waals surface area (Å²) in [6, 6.07) is 5.96. The van der Waals surface area contributed by atoms with Gasteiger partial charge >= 0.3 is 5.97 Å². The highest BCUT2D eigenvalue weighted by Gasteiger charge is 2.35. The van der Waals surface area contributed by atoms with Crippen LogP contribution in [0.5, 0.6) is 0 Å². The average molecular weight is 573 g/mol. The summed E-state index contributed by atoms with van der Waals surface area (Å²) in [4.78, 5) is 62.5. The Kier molecular flexibility index (Phi) is 7.87. The Morgan fingerprint density at radius 2 is 1.92 bits per heavy atom. The number of carbonyl (C=O) groups is 4. The lowest BCUT2D eigenvalue weighted by molar-refractivity contribution is -0.141. The number of hydrogen-bond acceptors (Lipinski definition) is 7. The lowest BCUT2D eigenvalue weighted by Gasteiger charge is -2.39. The minimum atomic E-state index is -1.05. The number of H-pyrrole nitrogens is 1. The fourth-order valence-corrected chi connectivity index (χ4v) is 6.26. The number of amides is 3. The van der Waals surface area contributed by atoms with Gasteiger partial charge in [0.05, 0.1) is 24.2 Å². The number of hydrogen-bond donors (Lipinski definition) is 4. The van der Waals surface area contributed by atoms with Crippen LogP contribution in [0.4, 0.5) is 0 Å². The first-order valence-corrected chi connectivity index (χ1v) is 13.9. The number of halogens is 1. The third-order valence-corrected chi connectivity index (χ3v) is 8.41. The largest absolute Gasteiger partial charge is 0.481 e. The molecule has 0 spiro atoms. The number of piperidine rings is 1. The van der Waals surface area contributed by atoms with Crippen LogP contribution in [0.15, 0.2) is 24.3 Å². The first-order chi connectivity index (χ1) is 18.7. The zero-order valence-corrected chi connectivity index (χ0v) is 22.9. The summed E-state index contributed by atoms with van der Waals surface area (Å²) in [6.07, 6.45) is 0.771. The lowest BCUT2D eigenvalue weighted by atomic mass is 9.98. The Bertz CT molecular complexity index is 1440. The fraction of sp³-hybridized carbons (Fsp3) is 0.423. The van der Waals surface area contributed by atoms with E-state index in [9.17, 15) is 19.2 Å². The molecule has 0 aliphatic carbocycles. The number of likely N-dealkylation sites (N-methyl/N-ethyl adjacent to an activating group) is 1. The van der Waals surface area contributed by atoms with Gasteiger partial charge in [-0.05, 0) is 37.7 Å². The molecule has 39 heavy (non-hydrogen) atoms. The summed E-state index contributed by atoms with van der Waals surface area (Å²) in [5.74, 6) is -2.05. The van der Waals surface area contributed by atoms with Gasteiger partial charge in [-0.15, -0.1) is 11.3 Å². The van der Waals surface area contributed by atoms with Gasteiger partial charge in [-0.3, -0.25) is 19.2 Å². The second kappa shape index (κ2) is 11.3. The predicted octanol–water partition coefficient (Wildman–Crippen LogP) is 2.26. The van der Waals surface area contributed by atoms with E-state index in [4.69, 9.17) is 16.7 Å². The highest BCUT2D eigenvalue weighted by atomic mass is 35.5. The molecule has 4 heterocycles. The summed E-state index contributed by atoms with van der Waals surface area (Å²) < 4.78 is 0. The van der Waals surface area contributed by atoms with E-state index in [1.54, 1.807) is 29.2 Å². The van der Waals surface area contributed by atoms with Gasteiger partial charge in [0, 0.05) is 59.8 Å². The second-order valence-electron chi connectivity index (χ2n) is 9.97. The van der Waals surface area contributed by atoms with Crippen LogP contribution in [0.25, 0.3) is 10.9 Å². The number of carboxylic acid groups (broad SMARTS) is 1. The Morgan fingerprint density at radius 1 is 1.13 bits per heavy atom. The first-order valence-electron chi connectivity index (χ1n) is 12.7. The van der Waals surface area contributed by atoms with Crippen molar-refractivity contribution in [3.63, 3.8) is 0 Å². The van der Waals surface area contributed by atoms with Gasteiger partial charge in [-0.2, -0.15) is 0 Å². The number of aromatic nitrogens is 2. The van der Waals surface area contributed by atoms with Crippen molar-refractivity contribution in [1.82, 2.24) is 30.4 Å². The first kappa shape index (κ1) is 27.1. The number of rotatable bonds is 7. The molecule has 1 fully saturated rings. The summed E-state index contributed by atoms with van der Waals surface area (Å²) >= 11 is 7.43. The number of benzene rings is 1. The molecule has 0 bridgehead atoms. The third kappa shape index (κ3) is 6.23. The lowest BCUT2D eigenvalue weighted by Crippen LogP contribution is -2.61. The van der Waals surface area contributed by atoms with Crippen LogP contribution in [0.3, 0.4) is 0 Å². The van der Waals surface area contributed by atoms with Gasteiger partial charge < -0.3 is 30.5 Å². The van der Waals surface area contributed by atoms with Crippen molar-refractivity contribution in [2.45, 2.75) is 44.3 Å². The van der Waals surface area contributed by atoms with Gasteiger partial charge in [0.15, 0.2) is 5.01 Å². The van der Waals surface area contributed by atoms with E-state index in [1.807, 2.05) is 7.05 Å². The minimum Gasteiger partial charge on any atom is -0.481 e. The van der Waals surface area contributed by atoms with E-state index in [1.165, 1.54) is 11.3 Å². The number of nitrogens with one attached hydrogen (secondary N) is 3. The van der Waals surface area contributed by atoms with Crippen molar-refractivity contribution in [3.8, 4) is 0 Å². The molecular formula is C26H29ClN6O5S. The number of thiazole rings is 1. The maximum Gasteiger partial charge on any atom is 0.303 e. The number of aliphatic carboxylic acids is 1. The zero-order valence-electron chi connectivity index (χ0n) is 21.3. The third-order valence-electron chi connectivity index (χ3n) is 7.09. The molecule has 1 aromatic carbocycles. The Hall–Kier alpha value is -3.48. The highest BCUT2D eigenvalue weighted by molar-refractivity contribution is 7.13.